The number of hydrogen-bond donors (Lipinski definition) is 0. The average molecular weight is 1580 g/mol. The smallest absolute Gasteiger partial charge is 0.123 e. The molecule has 0 amide bonds. The normalized spacial score (nSPS) is 10.5. The maximum Gasteiger partial charge on any atom is 0.123 e. The molecular weight excluding hydrogens is 1470 g/mol. The van der Waals surface area contributed by atoms with Crippen molar-refractivity contribution in [1.82, 2.24) is 0 Å². The lowest BCUT2D eigenvalue weighted by Crippen LogP contribution is -2.04. The molecule has 0 aliphatic heterocycles. The molecule has 0 bridgehead atoms. The van der Waals surface area contributed by atoms with Crippen molar-refractivity contribution in [1.29, 1.82) is 0 Å². The van der Waals surface area contributed by atoms with Crippen LogP contribution < -0.4 is 37.9 Å². The molecule has 12 heteroatoms. The van der Waals surface area contributed by atoms with Crippen LogP contribution in [0.5, 0.6) is 46.0 Å². The molecule has 0 aromatic heterocycles. The van der Waals surface area contributed by atoms with Crippen molar-refractivity contribution < 1.29 is 46.7 Å². The van der Waals surface area contributed by atoms with E-state index in [1.54, 1.807) is 12.1 Å². The molecular formula is C103H106Cl2F2O8. The second-order valence-corrected chi connectivity index (χ2v) is 28.8. The molecule has 0 aliphatic rings. The van der Waals surface area contributed by atoms with E-state index in [0.717, 1.165) is 141 Å². The maximum atomic E-state index is 13.0. The first-order chi connectivity index (χ1) is 56.0. The number of benzene rings is 16. The van der Waals surface area contributed by atoms with Gasteiger partial charge < -0.3 is 37.9 Å². The van der Waals surface area contributed by atoms with Crippen LogP contribution in [0.4, 0.5) is 8.78 Å². The highest BCUT2D eigenvalue weighted by Crippen LogP contribution is 2.30. The van der Waals surface area contributed by atoms with Crippen LogP contribution in [-0.2, 0) is 0 Å². The fourth-order valence-electron chi connectivity index (χ4n) is 11.9. The van der Waals surface area contributed by atoms with Crippen molar-refractivity contribution >= 4 is 109 Å². The van der Waals surface area contributed by atoms with E-state index in [0.29, 0.717) is 31.7 Å². The number of ether oxygens (including phenoxy) is 8. The van der Waals surface area contributed by atoms with E-state index in [2.05, 4.69) is 182 Å². The van der Waals surface area contributed by atoms with Crippen molar-refractivity contribution in [2.45, 2.75) is 88.5 Å². The maximum absolute atomic E-state index is 13.0. The standard InChI is InChI=1S/2C14H16O.C13H13ClO.C13H13FO.C13H14O.C12H11ClO.C12H11FO.C12H12O/c2*1-11(2)10-15-14-8-7-12-5-3-4-6-13(12)9-14;2*1-2-7-15-13-6-4-10-3-5-12(14)8-11(10)9-13;1-2-9-14-13-8-7-11-5-3-4-6-12(11)10-13;2*1-2-14-12-6-4-9-3-5-11(13)7-10(9)8-12;1-2-13-12-8-7-10-5-3-4-6-11(10)9-12/h2*3-9,11H,10H2,1-2H3;2*3-6,8-9H,2,7H2,1H3;3-8,10H,2,9H2,1H3;2*3-8H,2H2,1H3;3-9H,2H2,1H3. The minimum Gasteiger partial charge on any atom is -0.494 e. The molecule has 0 unspecified atom stereocenters. The molecule has 594 valence electrons. The molecule has 0 fully saturated rings. The quantitative estimate of drug-likeness (QED) is 0.0705. The van der Waals surface area contributed by atoms with Gasteiger partial charge in [0.05, 0.1) is 52.9 Å². The molecule has 0 spiro atoms. The monoisotopic (exact) mass is 1580 g/mol. The van der Waals surface area contributed by atoms with Gasteiger partial charge in [-0.15, -0.1) is 0 Å². The summed E-state index contributed by atoms with van der Waals surface area (Å²) in [7, 11) is 0. The SMILES string of the molecule is CC(C)COc1ccc2ccccc2c1.CC(C)COc1ccc2ccccc2c1.CCCOc1ccc2ccc(Cl)cc2c1.CCCOc1ccc2ccc(F)cc2c1.CCCOc1ccc2ccccc2c1.CCOc1ccc2ccc(Cl)cc2c1.CCOc1ccc2ccc(F)cc2c1.CCOc1ccc2ccccc2c1. The van der Waals surface area contributed by atoms with Crippen LogP contribution in [0.1, 0.15) is 88.5 Å². The Morgan fingerprint density at radius 3 is 0.661 bits per heavy atom. The number of rotatable bonds is 21. The summed E-state index contributed by atoms with van der Waals surface area (Å²) in [4.78, 5) is 0. The van der Waals surface area contributed by atoms with Crippen LogP contribution in [0.15, 0.2) is 315 Å². The van der Waals surface area contributed by atoms with E-state index in [-0.39, 0.29) is 11.6 Å². The Balaban J connectivity index is 0.000000150. The summed E-state index contributed by atoms with van der Waals surface area (Å²) in [5.74, 6) is 7.92. The first-order valence-corrected chi connectivity index (χ1v) is 40.5. The third-order valence-corrected chi connectivity index (χ3v) is 18.0. The molecule has 0 saturated carbocycles. The average Bonchev–Trinajstić information content (AvgIpc) is 0.818. The second kappa shape index (κ2) is 47.2. The van der Waals surface area contributed by atoms with Gasteiger partial charge in [0.1, 0.15) is 57.6 Å². The van der Waals surface area contributed by atoms with E-state index in [1.807, 2.05) is 166 Å². The first-order valence-electron chi connectivity index (χ1n) is 39.7. The molecule has 16 aromatic rings. The van der Waals surface area contributed by atoms with Crippen molar-refractivity contribution in [2.75, 3.05) is 52.9 Å². The topological polar surface area (TPSA) is 73.8 Å². The van der Waals surface area contributed by atoms with Crippen molar-refractivity contribution in [3.8, 4) is 46.0 Å². The lowest BCUT2D eigenvalue weighted by Gasteiger charge is -2.09. The Kier molecular flexibility index (Phi) is 35.9. The Hall–Kier alpha value is -11.6. The number of fused-ring (bicyclic) bond motifs is 8. The van der Waals surface area contributed by atoms with Crippen molar-refractivity contribution in [3.05, 3.63) is 337 Å². The van der Waals surface area contributed by atoms with Gasteiger partial charge >= 0.3 is 0 Å². The molecule has 0 atom stereocenters. The van der Waals surface area contributed by atoms with Crippen molar-refractivity contribution in [3.63, 3.8) is 0 Å². The fourth-order valence-corrected chi connectivity index (χ4v) is 12.2. The minimum absolute atomic E-state index is 0.213. The molecule has 16 rings (SSSR count). The van der Waals surface area contributed by atoms with E-state index in [1.165, 1.54) is 78.1 Å². The molecule has 0 radical (unpaired) electrons. The zero-order valence-electron chi connectivity index (χ0n) is 67.7. The van der Waals surface area contributed by atoms with Crippen LogP contribution in [-0.4, -0.2) is 52.9 Å². The van der Waals surface area contributed by atoms with Crippen LogP contribution >= 0.6 is 23.2 Å². The summed E-state index contributed by atoms with van der Waals surface area (Å²) in [6.45, 7) is 26.6. The molecule has 16 aromatic carbocycles. The summed E-state index contributed by atoms with van der Waals surface area (Å²) in [6.07, 6.45) is 3.04. The van der Waals surface area contributed by atoms with E-state index >= 15 is 0 Å². The predicted octanol–water partition coefficient (Wildman–Crippen LogP) is 29.9. The Morgan fingerprint density at radius 1 is 0.217 bits per heavy atom. The van der Waals surface area contributed by atoms with Gasteiger partial charge in [0.15, 0.2) is 0 Å². The first kappa shape index (κ1) is 87.4. The van der Waals surface area contributed by atoms with Gasteiger partial charge in [0.25, 0.3) is 0 Å². The van der Waals surface area contributed by atoms with E-state index < -0.39 is 0 Å². The molecule has 0 aliphatic carbocycles. The van der Waals surface area contributed by atoms with Crippen LogP contribution in [0.3, 0.4) is 0 Å². The fraction of sp³-hybridized carbons (Fsp3) is 0.223. The second-order valence-electron chi connectivity index (χ2n) is 27.9. The van der Waals surface area contributed by atoms with Crippen LogP contribution in [0, 0.1) is 23.5 Å². The Bertz CT molecular complexity index is 5370. The highest BCUT2D eigenvalue weighted by Gasteiger charge is 2.06. The highest BCUT2D eigenvalue weighted by molar-refractivity contribution is 6.31. The third-order valence-electron chi connectivity index (χ3n) is 17.5. The molecule has 0 heterocycles. The van der Waals surface area contributed by atoms with Crippen LogP contribution in [0.25, 0.3) is 86.2 Å². The van der Waals surface area contributed by atoms with Gasteiger partial charge in [0.2, 0.25) is 0 Å². The molecule has 115 heavy (non-hydrogen) atoms. The predicted molar refractivity (Wildman–Crippen MR) is 483 cm³/mol. The summed E-state index contributed by atoms with van der Waals surface area (Å²) >= 11 is 11.8. The molecule has 8 nitrogen and oxygen atoms in total. The summed E-state index contributed by atoms with van der Waals surface area (Å²) < 4.78 is 70.0. The summed E-state index contributed by atoms with van der Waals surface area (Å²) in [6, 6.07) is 103. The van der Waals surface area contributed by atoms with Gasteiger partial charge in [-0.25, -0.2) is 8.78 Å². The molecule has 0 saturated heterocycles. The lowest BCUT2D eigenvalue weighted by molar-refractivity contribution is 0.271. The van der Waals surface area contributed by atoms with Gasteiger partial charge in [-0.2, -0.15) is 0 Å². The Labute approximate surface area is 688 Å². The van der Waals surface area contributed by atoms with E-state index in [9.17, 15) is 8.78 Å². The van der Waals surface area contributed by atoms with Gasteiger partial charge in [-0.1, -0.05) is 242 Å². The zero-order chi connectivity index (χ0) is 81.5. The van der Waals surface area contributed by atoms with Crippen LogP contribution in [0.2, 0.25) is 10.0 Å². The Morgan fingerprint density at radius 2 is 0.417 bits per heavy atom. The number of halogens is 4. The third kappa shape index (κ3) is 29.4. The van der Waals surface area contributed by atoms with Crippen molar-refractivity contribution in [2.24, 2.45) is 11.8 Å². The highest BCUT2D eigenvalue weighted by atomic mass is 35.5. The summed E-state index contributed by atoms with van der Waals surface area (Å²) in [5, 5.41) is 19.9. The lowest BCUT2D eigenvalue weighted by atomic mass is 10.1. The largest absolute Gasteiger partial charge is 0.494 e. The zero-order valence-corrected chi connectivity index (χ0v) is 69.2. The number of hydrogen-bond acceptors (Lipinski definition) is 8. The minimum atomic E-state index is -0.217. The van der Waals surface area contributed by atoms with Gasteiger partial charge in [-0.05, 0) is 284 Å². The van der Waals surface area contributed by atoms with E-state index in [4.69, 9.17) is 61.1 Å². The van der Waals surface area contributed by atoms with Gasteiger partial charge in [-0.3, -0.25) is 0 Å². The van der Waals surface area contributed by atoms with Gasteiger partial charge in [0, 0.05) is 10.0 Å². The molecule has 0 N–H and O–H groups in total. The summed E-state index contributed by atoms with van der Waals surface area (Å²) in [5.41, 5.74) is 0.